The maximum atomic E-state index is 11.6. The Morgan fingerprint density at radius 2 is 2.17 bits per heavy atom. The van der Waals surface area contributed by atoms with Gasteiger partial charge in [0.1, 0.15) is 5.69 Å². The van der Waals surface area contributed by atoms with Crippen LogP contribution < -0.4 is 10.6 Å². The van der Waals surface area contributed by atoms with E-state index < -0.39 is 5.97 Å². The summed E-state index contributed by atoms with van der Waals surface area (Å²) in [5.74, 6) is -1.53. The van der Waals surface area contributed by atoms with E-state index in [9.17, 15) is 14.4 Å². The molecule has 0 unspecified atom stereocenters. The van der Waals surface area contributed by atoms with Crippen LogP contribution in [0.25, 0.3) is 0 Å². The Balaban J connectivity index is 2.39. The molecule has 0 saturated heterocycles. The lowest BCUT2D eigenvalue weighted by Gasteiger charge is -2.01. The molecule has 1 aromatic rings. The van der Waals surface area contributed by atoms with Crippen molar-refractivity contribution in [1.82, 2.24) is 10.3 Å². The Bertz CT molecular complexity index is 458. The molecule has 0 bridgehead atoms. The summed E-state index contributed by atoms with van der Waals surface area (Å²) in [5, 5.41) is 15.3. The van der Waals surface area contributed by atoms with Gasteiger partial charge in [-0.1, -0.05) is 0 Å². The van der Waals surface area contributed by atoms with Crippen LogP contribution in [0.2, 0.25) is 0 Å². The number of aliphatic carboxylic acids is 1. The molecule has 0 fully saturated rings. The molecule has 7 nitrogen and oxygen atoms in total. The number of carboxylic acid groups (broad SMARTS) is 1. The Morgan fingerprint density at radius 3 is 2.78 bits per heavy atom. The van der Waals surface area contributed by atoms with Crippen LogP contribution in [-0.2, 0) is 9.59 Å². The molecule has 0 aliphatic heterocycles. The van der Waals surface area contributed by atoms with Gasteiger partial charge in [-0.15, -0.1) is 11.3 Å². The van der Waals surface area contributed by atoms with Gasteiger partial charge in [-0.3, -0.25) is 14.4 Å². The Labute approximate surface area is 107 Å². The smallest absolute Gasteiger partial charge is 0.303 e. The molecule has 1 rings (SSSR count). The molecule has 0 aliphatic carbocycles. The molecule has 8 heteroatoms. The van der Waals surface area contributed by atoms with Crippen molar-refractivity contribution < 1.29 is 19.5 Å². The molecule has 0 spiro atoms. The Morgan fingerprint density at radius 1 is 1.44 bits per heavy atom. The van der Waals surface area contributed by atoms with E-state index in [1.165, 1.54) is 12.3 Å². The fourth-order valence-electron chi connectivity index (χ4n) is 1.12. The first-order chi connectivity index (χ1) is 8.49. The van der Waals surface area contributed by atoms with Crippen LogP contribution in [0.1, 0.15) is 30.3 Å². The quantitative estimate of drug-likeness (QED) is 0.660. The summed E-state index contributed by atoms with van der Waals surface area (Å²) in [5.41, 5.74) is 0.207. The van der Waals surface area contributed by atoms with Crippen LogP contribution in [0.5, 0.6) is 0 Å². The van der Waals surface area contributed by atoms with E-state index in [2.05, 4.69) is 15.6 Å². The van der Waals surface area contributed by atoms with E-state index >= 15 is 0 Å². The molecule has 98 valence electrons. The van der Waals surface area contributed by atoms with Gasteiger partial charge in [-0.25, -0.2) is 4.98 Å². The number of carbonyl (C=O) groups is 3. The minimum atomic E-state index is -0.897. The zero-order chi connectivity index (χ0) is 13.5. The van der Waals surface area contributed by atoms with E-state index in [-0.39, 0.29) is 30.5 Å². The topological polar surface area (TPSA) is 108 Å². The van der Waals surface area contributed by atoms with Crippen LogP contribution in [0, 0.1) is 0 Å². The number of nitrogens with one attached hydrogen (secondary N) is 2. The predicted octanol–water partition coefficient (Wildman–Crippen LogP) is 0.696. The van der Waals surface area contributed by atoms with Crippen LogP contribution in [0.3, 0.4) is 0 Å². The Hall–Kier alpha value is -1.96. The highest BCUT2D eigenvalue weighted by atomic mass is 32.1. The largest absolute Gasteiger partial charge is 0.481 e. The van der Waals surface area contributed by atoms with Crippen LogP contribution in [-0.4, -0.2) is 34.4 Å². The second-order valence-electron chi connectivity index (χ2n) is 3.47. The van der Waals surface area contributed by atoms with Crippen molar-refractivity contribution in [3.05, 3.63) is 11.1 Å². The van der Waals surface area contributed by atoms with Crippen molar-refractivity contribution in [2.24, 2.45) is 0 Å². The van der Waals surface area contributed by atoms with Gasteiger partial charge >= 0.3 is 5.97 Å². The van der Waals surface area contributed by atoms with Crippen LogP contribution in [0.4, 0.5) is 5.13 Å². The maximum absolute atomic E-state index is 11.6. The highest BCUT2D eigenvalue weighted by Crippen LogP contribution is 2.14. The average Bonchev–Trinajstić information content (AvgIpc) is 2.71. The first kappa shape index (κ1) is 14.1. The summed E-state index contributed by atoms with van der Waals surface area (Å²) in [6.45, 7) is 1.63. The number of carbonyl (C=O) groups excluding carboxylic acids is 2. The molecule has 0 aromatic carbocycles. The zero-order valence-corrected chi connectivity index (χ0v) is 10.5. The third-order valence-electron chi connectivity index (χ3n) is 1.87. The molecule has 2 amide bonds. The van der Waals surface area contributed by atoms with E-state index in [4.69, 9.17) is 5.11 Å². The number of anilines is 1. The van der Waals surface area contributed by atoms with Gasteiger partial charge in [0.2, 0.25) is 5.91 Å². The number of rotatable bonds is 6. The first-order valence-electron chi connectivity index (χ1n) is 5.22. The van der Waals surface area contributed by atoms with Crippen molar-refractivity contribution in [1.29, 1.82) is 0 Å². The van der Waals surface area contributed by atoms with Gasteiger partial charge in [0.05, 0.1) is 0 Å². The highest BCUT2D eigenvalue weighted by Gasteiger charge is 2.10. The number of hydrogen-bond acceptors (Lipinski definition) is 5. The number of thiazole rings is 1. The lowest BCUT2D eigenvalue weighted by Crippen LogP contribution is -2.25. The average molecular weight is 271 g/mol. The van der Waals surface area contributed by atoms with Gasteiger partial charge in [0.25, 0.3) is 5.91 Å². The molecule has 1 heterocycles. The minimum Gasteiger partial charge on any atom is -0.481 e. The fourth-order valence-corrected chi connectivity index (χ4v) is 1.85. The van der Waals surface area contributed by atoms with E-state index in [1.54, 1.807) is 0 Å². The molecule has 0 aliphatic rings. The van der Waals surface area contributed by atoms with Gasteiger partial charge in [0, 0.05) is 25.3 Å². The molecule has 3 N–H and O–H groups in total. The number of nitrogens with zero attached hydrogens (tertiary/aromatic N) is 1. The second kappa shape index (κ2) is 6.70. The van der Waals surface area contributed by atoms with Crippen LogP contribution in [0.15, 0.2) is 5.38 Å². The first-order valence-corrected chi connectivity index (χ1v) is 6.10. The lowest BCUT2D eigenvalue weighted by atomic mass is 10.3. The molecule has 0 saturated carbocycles. The highest BCUT2D eigenvalue weighted by molar-refractivity contribution is 7.14. The number of carboxylic acids is 1. The molecule has 0 radical (unpaired) electrons. The maximum Gasteiger partial charge on any atom is 0.303 e. The molecular formula is C10H13N3O4S. The summed E-state index contributed by atoms with van der Waals surface area (Å²) in [6, 6.07) is 0. The number of hydrogen-bond donors (Lipinski definition) is 3. The van der Waals surface area contributed by atoms with Crippen molar-refractivity contribution in [2.45, 2.75) is 19.8 Å². The summed E-state index contributed by atoms with van der Waals surface area (Å²) < 4.78 is 0. The lowest BCUT2D eigenvalue weighted by molar-refractivity contribution is -0.137. The summed E-state index contributed by atoms with van der Waals surface area (Å²) in [7, 11) is 0. The normalized spacial score (nSPS) is 9.83. The molecule has 1 aromatic heterocycles. The van der Waals surface area contributed by atoms with Crippen molar-refractivity contribution in [2.75, 3.05) is 11.9 Å². The standard InChI is InChI=1S/C10H13N3O4S/c1-6(14)12-10-13-7(5-18-10)9(17)11-4-2-3-8(15)16/h5H,2-4H2,1H3,(H,11,17)(H,15,16)(H,12,13,14). The summed E-state index contributed by atoms with van der Waals surface area (Å²) in [4.78, 5) is 36.5. The monoisotopic (exact) mass is 271 g/mol. The number of amides is 2. The minimum absolute atomic E-state index is 0.00842. The van der Waals surface area contributed by atoms with Crippen molar-refractivity contribution in [3.63, 3.8) is 0 Å². The van der Waals surface area contributed by atoms with Gasteiger partial charge in [-0.2, -0.15) is 0 Å². The van der Waals surface area contributed by atoms with Gasteiger partial charge in [0.15, 0.2) is 5.13 Å². The SMILES string of the molecule is CC(=O)Nc1nc(C(=O)NCCCC(=O)O)cs1. The van der Waals surface area contributed by atoms with Crippen molar-refractivity contribution >= 4 is 34.3 Å². The number of aromatic nitrogens is 1. The molecular weight excluding hydrogens is 258 g/mol. The van der Waals surface area contributed by atoms with E-state index in [0.717, 1.165) is 11.3 Å². The second-order valence-corrected chi connectivity index (χ2v) is 4.33. The van der Waals surface area contributed by atoms with Gasteiger partial charge < -0.3 is 15.7 Å². The predicted molar refractivity (Wildman–Crippen MR) is 65.6 cm³/mol. The zero-order valence-electron chi connectivity index (χ0n) is 9.73. The Kier molecular flexibility index (Phi) is 5.25. The van der Waals surface area contributed by atoms with Crippen molar-refractivity contribution in [3.8, 4) is 0 Å². The third kappa shape index (κ3) is 4.91. The van der Waals surface area contributed by atoms with Gasteiger partial charge in [-0.05, 0) is 6.42 Å². The summed E-state index contributed by atoms with van der Waals surface area (Å²) >= 11 is 1.15. The summed E-state index contributed by atoms with van der Waals surface area (Å²) in [6.07, 6.45) is 0.373. The molecule has 18 heavy (non-hydrogen) atoms. The van der Waals surface area contributed by atoms with E-state index in [1.807, 2.05) is 0 Å². The van der Waals surface area contributed by atoms with E-state index in [0.29, 0.717) is 11.6 Å². The molecule has 0 atom stereocenters. The fraction of sp³-hybridized carbons (Fsp3) is 0.400. The third-order valence-corrected chi connectivity index (χ3v) is 2.63. The van der Waals surface area contributed by atoms with Crippen LogP contribution >= 0.6 is 11.3 Å².